The van der Waals surface area contributed by atoms with Crippen LogP contribution in [0.25, 0.3) is 0 Å². The fraction of sp³-hybridized carbons (Fsp3) is 0.963. The molecular weight excluding hydrogens is 420 g/mol. The molecule has 0 saturated heterocycles. The third kappa shape index (κ3) is 13.7. The van der Waals surface area contributed by atoms with E-state index in [4.69, 9.17) is 5.11 Å². The lowest BCUT2D eigenvalue weighted by Crippen LogP contribution is -2.32. The Morgan fingerprint density at radius 2 is 1.52 bits per heavy atom. The lowest BCUT2D eigenvalue weighted by atomic mass is 9.87. The minimum atomic E-state index is -0.958. The monoisotopic (exact) mass is 472 g/mol. The highest BCUT2D eigenvalue weighted by molar-refractivity contribution is 5.70. The van der Waals surface area contributed by atoms with Crippen LogP contribution in [0.2, 0.25) is 0 Å². The van der Waals surface area contributed by atoms with Gasteiger partial charge in [0.1, 0.15) is 0 Å². The molecule has 6 nitrogen and oxygen atoms in total. The molecule has 5 N–H and O–H groups in total. The van der Waals surface area contributed by atoms with Gasteiger partial charge in [-0.2, -0.15) is 0 Å². The van der Waals surface area contributed by atoms with Crippen molar-refractivity contribution in [1.29, 1.82) is 0 Å². The van der Waals surface area contributed by atoms with Crippen molar-refractivity contribution in [2.24, 2.45) is 11.8 Å². The lowest BCUT2D eigenvalue weighted by molar-refractivity contribution is -0.146. The predicted molar refractivity (Wildman–Crippen MR) is 132 cm³/mol. The molecule has 0 heterocycles. The molecule has 0 radical (unpaired) electrons. The highest BCUT2D eigenvalue weighted by Gasteiger charge is 2.38. The fourth-order valence-electron chi connectivity index (χ4n) is 5.39. The number of hydrogen-bond acceptors (Lipinski definition) is 5. The van der Waals surface area contributed by atoms with Gasteiger partial charge in [-0.25, -0.2) is 0 Å². The maximum absolute atomic E-state index is 11.7. The van der Waals surface area contributed by atoms with Crippen molar-refractivity contribution in [3.8, 4) is 0 Å². The van der Waals surface area contributed by atoms with Gasteiger partial charge < -0.3 is 25.5 Å². The quantitative estimate of drug-likeness (QED) is 0.147. The van der Waals surface area contributed by atoms with E-state index in [0.717, 1.165) is 64.2 Å². The van der Waals surface area contributed by atoms with Gasteiger partial charge in [0, 0.05) is 6.61 Å². The molecule has 0 spiro atoms. The Kier molecular flexibility index (Phi) is 16.3. The van der Waals surface area contributed by atoms with Crippen molar-refractivity contribution < 1.29 is 30.3 Å². The summed E-state index contributed by atoms with van der Waals surface area (Å²) in [4.78, 5) is 11.7. The molecule has 0 amide bonds. The van der Waals surface area contributed by atoms with E-state index in [-0.39, 0.29) is 12.7 Å². The number of carboxylic acids is 1. The topological polar surface area (TPSA) is 118 Å². The molecule has 5 atom stereocenters. The van der Waals surface area contributed by atoms with E-state index in [1.54, 1.807) is 0 Å². The van der Waals surface area contributed by atoms with Gasteiger partial charge in [-0.3, -0.25) is 4.79 Å². The van der Waals surface area contributed by atoms with Crippen LogP contribution < -0.4 is 0 Å². The molecule has 1 aliphatic rings. The van der Waals surface area contributed by atoms with E-state index >= 15 is 0 Å². The molecule has 196 valence electrons. The molecule has 1 saturated carbocycles. The largest absolute Gasteiger partial charge is 0.481 e. The van der Waals surface area contributed by atoms with Crippen LogP contribution in [0.15, 0.2) is 0 Å². The van der Waals surface area contributed by atoms with E-state index in [2.05, 4.69) is 6.92 Å². The average molecular weight is 473 g/mol. The van der Waals surface area contributed by atoms with Crippen molar-refractivity contribution in [1.82, 2.24) is 0 Å². The molecule has 1 rings (SSSR count). The zero-order chi connectivity index (χ0) is 24.5. The first kappa shape index (κ1) is 30.3. The number of carboxylic acid groups (broad SMARTS) is 1. The standard InChI is InChI=1S/C27H52O6/c1-2-3-4-5-8-13-23(29)14-9-6-7-10-15-24(26(31)32)25(30)17-19-27(33)18-16-22(21-27)12-11-20-28/h22-25,28-30,33H,2-21H2,1H3,(H,31,32). The van der Waals surface area contributed by atoms with Crippen LogP contribution in [-0.4, -0.2) is 55.9 Å². The maximum Gasteiger partial charge on any atom is 0.309 e. The molecule has 0 aromatic rings. The van der Waals surface area contributed by atoms with Crippen molar-refractivity contribution in [2.45, 2.75) is 147 Å². The average Bonchev–Trinajstić information content (AvgIpc) is 3.16. The van der Waals surface area contributed by atoms with Crippen LogP contribution in [0.1, 0.15) is 129 Å². The SMILES string of the molecule is CCCCCCCC(O)CCCCCCC(C(=O)O)C(O)CCC1(O)CCC(CCCO)C1. The molecule has 5 unspecified atom stereocenters. The molecule has 33 heavy (non-hydrogen) atoms. The van der Waals surface area contributed by atoms with E-state index in [0.29, 0.717) is 38.0 Å². The van der Waals surface area contributed by atoms with Crippen LogP contribution in [0.5, 0.6) is 0 Å². The molecular formula is C27H52O6. The number of aliphatic hydroxyl groups is 4. The summed E-state index contributed by atoms with van der Waals surface area (Å²) in [5, 5.41) is 49.9. The number of unbranched alkanes of at least 4 members (excludes halogenated alkanes) is 7. The van der Waals surface area contributed by atoms with Crippen LogP contribution >= 0.6 is 0 Å². The first-order chi connectivity index (χ1) is 15.8. The van der Waals surface area contributed by atoms with Crippen molar-refractivity contribution in [2.75, 3.05) is 6.61 Å². The molecule has 6 heteroatoms. The second kappa shape index (κ2) is 17.7. The molecule has 1 fully saturated rings. The fourth-order valence-corrected chi connectivity index (χ4v) is 5.39. The Morgan fingerprint density at radius 1 is 0.909 bits per heavy atom. The van der Waals surface area contributed by atoms with Gasteiger partial charge in [0.15, 0.2) is 0 Å². The molecule has 0 aromatic heterocycles. The van der Waals surface area contributed by atoms with Gasteiger partial charge >= 0.3 is 5.97 Å². The normalized spacial score (nSPS) is 23.5. The highest BCUT2D eigenvalue weighted by atomic mass is 16.4. The van der Waals surface area contributed by atoms with E-state index < -0.39 is 23.6 Å². The molecule has 1 aliphatic carbocycles. The van der Waals surface area contributed by atoms with Gasteiger partial charge in [-0.1, -0.05) is 64.7 Å². The third-order valence-corrected chi connectivity index (χ3v) is 7.59. The highest BCUT2D eigenvalue weighted by Crippen LogP contribution is 2.40. The van der Waals surface area contributed by atoms with Gasteiger partial charge in [0.05, 0.1) is 23.7 Å². The van der Waals surface area contributed by atoms with E-state index in [1.807, 2.05) is 0 Å². The Hall–Kier alpha value is -0.690. The number of hydrogen-bond donors (Lipinski definition) is 5. The number of carbonyl (C=O) groups is 1. The Morgan fingerprint density at radius 3 is 2.09 bits per heavy atom. The Labute approximate surface area is 201 Å². The maximum atomic E-state index is 11.7. The lowest BCUT2D eigenvalue weighted by Gasteiger charge is -2.26. The predicted octanol–water partition coefficient (Wildman–Crippen LogP) is 5.19. The number of aliphatic hydroxyl groups excluding tert-OH is 3. The second-order valence-corrected chi connectivity index (χ2v) is 10.6. The van der Waals surface area contributed by atoms with Gasteiger partial charge in [0.25, 0.3) is 0 Å². The Balaban J connectivity index is 2.19. The molecule has 0 aliphatic heterocycles. The third-order valence-electron chi connectivity index (χ3n) is 7.59. The summed E-state index contributed by atoms with van der Waals surface area (Å²) < 4.78 is 0. The minimum absolute atomic E-state index is 0.174. The van der Waals surface area contributed by atoms with Crippen molar-refractivity contribution >= 4 is 5.97 Å². The van der Waals surface area contributed by atoms with Gasteiger partial charge in [-0.05, 0) is 70.1 Å². The van der Waals surface area contributed by atoms with E-state index in [9.17, 15) is 25.2 Å². The first-order valence-electron chi connectivity index (χ1n) is 13.7. The summed E-state index contributed by atoms with van der Waals surface area (Å²) in [6.45, 7) is 2.37. The first-order valence-corrected chi connectivity index (χ1v) is 13.7. The van der Waals surface area contributed by atoms with Crippen molar-refractivity contribution in [3.05, 3.63) is 0 Å². The zero-order valence-electron chi connectivity index (χ0n) is 21.1. The van der Waals surface area contributed by atoms with Crippen LogP contribution in [0, 0.1) is 11.8 Å². The smallest absolute Gasteiger partial charge is 0.309 e. The summed E-state index contributed by atoms with van der Waals surface area (Å²) in [6, 6.07) is 0. The van der Waals surface area contributed by atoms with Crippen molar-refractivity contribution in [3.63, 3.8) is 0 Å². The number of rotatable bonds is 21. The summed E-state index contributed by atoms with van der Waals surface area (Å²) in [5.41, 5.74) is -0.805. The summed E-state index contributed by atoms with van der Waals surface area (Å²) >= 11 is 0. The zero-order valence-corrected chi connectivity index (χ0v) is 21.1. The van der Waals surface area contributed by atoms with E-state index in [1.165, 1.54) is 25.7 Å². The van der Waals surface area contributed by atoms with Gasteiger partial charge in [-0.15, -0.1) is 0 Å². The van der Waals surface area contributed by atoms with Crippen LogP contribution in [0.4, 0.5) is 0 Å². The Bertz CT molecular complexity index is 499. The van der Waals surface area contributed by atoms with Crippen LogP contribution in [0.3, 0.4) is 0 Å². The molecule has 0 aromatic carbocycles. The molecule has 0 bridgehead atoms. The second-order valence-electron chi connectivity index (χ2n) is 10.6. The minimum Gasteiger partial charge on any atom is -0.481 e. The van der Waals surface area contributed by atoms with Crippen LogP contribution in [-0.2, 0) is 4.79 Å². The summed E-state index contributed by atoms with van der Waals surface area (Å²) in [5.74, 6) is -1.33. The summed E-state index contributed by atoms with van der Waals surface area (Å²) in [6.07, 6.45) is 15.4. The summed E-state index contributed by atoms with van der Waals surface area (Å²) in [7, 11) is 0. The van der Waals surface area contributed by atoms with Gasteiger partial charge in [0.2, 0.25) is 0 Å². The number of aliphatic carboxylic acids is 1.